The first-order valence-corrected chi connectivity index (χ1v) is 35.7. The molecule has 0 aliphatic carbocycles. The predicted octanol–water partition coefficient (Wildman–Crippen LogP) is 9.15. The Morgan fingerprint density at radius 2 is 0.934 bits per heavy atom. The molecule has 3 aliphatic heterocycles. The van der Waals surface area contributed by atoms with Crippen LogP contribution in [0.25, 0.3) is 31.8 Å². The summed E-state index contributed by atoms with van der Waals surface area (Å²) in [4.78, 5) is 66.2. The topological polar surface area (TPSA) is 285 Å². The Morgan fingerprint density at radius 3 is 1.33 bits per heavy atom. The number of aromatic nitrogens is 8. The van der Waals surface area contributed by atoms with E-state index in [0.29, 0.717) is 47.2 Å². The normalized spacial score (nSPS) is 24.5. The number of carbonyl (C=O) groups excluding carboxylic acids is 3. The molecule has 3 aliphatic rings. The molecular weight excluding hydrogens is 1360 g/mol. The van der Waals surface area contributed by atoms with Crippen LogP contribution in [0, 0.1) is 17.5 Å². The maximum absolute atomic E-state index is 13.4. The summed E-state index contributed by atoms with van der Waals surface area (Å²) in [6, 6.07) is 16.2. The number of H-pyrrole nitrogens is 2. The fourth-order valence-electron chi connectivity index (χ4n) is 9.66. The van der Waals surface area contributed by atoms with Gasteiger partial charge < -0.3 is 25.9 Å². The fraction of sp³-hybridized carbons (Fsp3) is 0.232. The second-order valence-corrected chi connectivity index (χ2v) is 31.6. The van der Waals surface area contributed by atoms with Gasteiger partial charge in [-0.1, -0.05) is 34.8 Å². The SMILES string of the molecule is C=S1(=O)N[C@@H](c2ccc(-c3cnc[nH]3)s2)C[C@@H](C(=O)Nc2ccc(F)c(Cl)c2)N1C.C=S1(=O)N[C@@H](c2ccc(-c3ncn(C)n3)s2)C[C@@H](C(=O)Nc2ccc(F)c(Cl)c2)N1C.C=S1(=O)N[C@@H](c2ncc(-c3cnc[nH]3)s2)C[C@@H](C(=O)Nc2ccc(F)c(Cl)c2)N1C. The van der Waals surface area contributed by atoms with Crippen LogP contribution >= 0.6 is 68.8 Å². The molecule has 0 radical (unpaired) electrons. The number of rotatable bonds is 12. The first-order valence-electron chi connectivity index (χ1n) is 27.0. The smallest absolute Gasteiger partial charge is 0.242 e. The van der Waals surface area contributed by atoms with Gasteiger partial charge in [0.1, 0.15) is 46.9 Å². The van der Waals surface area contributed by atoms with Gasteiger partial charge >= 0.3 is 0 Å². The fourth-order valence-corrected chi connectivity index (χ4v) is 17.7. The van der Waals surface area contributed by atoms with Gasteiger partial charge in [0.2, 0.25) is 17.7 Å². The molecule has 6 aromatic heterocycles. The zero-order valence-electron chi connectivity index (χ0n) is 48.4. The third kappa shape index (κ3) is 15.6. The van der Waals surface area contributed by atoms with Gasteiger partial charge in [0.25, 0.3) is 0 Å². The van der Waals surface area contributed by atoms with E-state index in [1.54, 1.807) is 70.4 Å². The van der Waals surface area contributed by atoms with Crippen LogP contribution in [0.15, 0.2) is 116 Å². The minimum Gasteiger partial charge on any atom is -0.344 e. The molecule has 9 atom stereocenters. The van der Waals surface area contributed by atoms with Crippen LogP contribution in [-0.4, -0.2) is 140 Å². The van der Waals surface area contributed by atoms with Crippen LogP contribution in [0.3, 0.4) is 0 Å². The lowest BCUT2D eigenvalue weighted by Gasteiger charge is -2.39. The van der Waals surface area contributed by atoms with Gasteiger partial charge in [-0.3, -0.25) is 19.1 Å². The van der Waals surface area contributed by atoms with E-state index < -0.39 is 77.2 Å². The Morgan fingerprint density at radius 1 is 0.538 bits per heavy atom. The molecule has 3 saturated heterocycles. The van der Waals surface area contributed by atoms with E-state index in [4.69, 9.17) is 34.8 Å². The highest BCUT2D eigenvalue weighted by molar-refractivity contribution is 7.97. The quantitative estimate of drug-likeness (QED) is 0.0534. The van der Waals surface area contributed by atoms with Gasteiger partial charge in [0, 0.05) is 61.2 Å². The van der Waals surface area contributed by atoms with Crippen molar-refractivity contribution in [2.75, 3.05) is 37.1 Å². The molecule has 91 heavy (non-hydrogen) atoms. The van der Waals surface area contributed by atoms with Crippen molar-refractivity contribution >= 4 is 151 Å². The van der Waals surface area contributed by atoms with Crippen LogP contribution < -0.4 is 30.1 Å². The highest BCUT2D eigenvalue weighted by Gasteiger charge is 2.41. The average molecular weight is 1420 g/mol. The lowest BCUT2D eigenvalue weighted by molar-refractivity contribution is -0.120. The van der Waals surface area contributed by atoms with Crippen LogP contribution in [0.2, 0.25) is 15.1 Å². The van der Waals surface area contributed by atoms with Crippen molar-refractivity contribution in [1.29, 1.82) is 0 Å². The number of halogens is 6. The summed E-state index contributed by atoms with van der Waals surface area (Å²) in [6.07, 6.45) is 11.0. The minimum atomic E-state index is -2.92. The summed E-state index contributed by atoms with van der Waals surface area (Å²) >= 11 is 21.8. The summed E-state index contributed by atoms with van der Waals surface area (Å²) in [7, 11) is -2.18. The van der Waals surface area contributed by atoms with E-state index in [1.165, 1.54) is 102 Å². The number of likely N-dealkylation sites (N-methyl/N-ethyl adjacent to an activating group) is 3. The van der Waals surface area contributed by atoms with Gasteiger partial charge in [0.05, 0.1) is 114 Å². The van der Waals surface area contributed by atoms with E-state index in [2.05, 4.69) is 82.7 Å². The molecule has 9 aromatic rings. The number of thiophene rings is 2. The maximum Gasteiger partial charge on any atom is 0.242 e. The maximum atomic E-state index is 13.4. The Bertz CT molecular complexity index is 4310. The van der Waals surface area contributed by atoms with Gasteiger partial charge in [-0.2, -0.15) is 5.10 Å². The predicted molar refractivity (Wildman–Crippen MR) is 358 cm³/mol. The molecule has 3 aromatic carbocycles. The highest BCUT2D eigenvalue weighted by Crippen LogP contribution is 2.39. The van der Waals surface area contributed by atoms with Gasteiger partial charge in [-0.25, -0.2) is 72.8 Å². The van der Waals surface area contributed by atoms with Crippen LogP contribution in [0.4, 0.5) is 30.2 Å². The molecule has 480 valence electrons. The molecule has 3 fully saturated rings. The minimum absolute atomic E-state index is 0.0878. The number of thiazole rings is 1. The van der Waals surface area contributed by atoms with Crippen LogP contribution in [0.1, 0.15) is 52.1 Å². The lowest BCUT2D eigenvalue weighted by atomic mass is 10.1. The second-order valence-electron chi connectivity index (χ2n) is 20.8. The summed E-state index contributed by atoms with van der Waals surface area (Å²) in [5, 5.41) is 12.9. The number of benzene rings is 3. The van der Waals surface area contributed by atoms with Crippen LogP contribution in [-0.2, 0) is 51.1 Å². The molecule has 8 N–H and O–H groups in total. The first-order chi connectivity index (χ1) is 43.1. The van der Waals surface area contributed by atoms with E-state index in [-0.39, 0.29) is 39.0 Å². The van der Waals surface area contributed by atoms with Crippen LogP contribution in [0.5, 0.6) is 0 Å². The third-order valence-electron chi connectivity index (χ3n) is 14.6. The van der Waals surface area contributed by atoms with Crippen molar-refractivity contribution in [2.24, 2.45) is 7.05 Å². The summed E-state index contributed by atoms with van der Waals surface area (Å²) in [5.74, 6) is 9.08. The summed E-state index contributed by atoms with van der Waals surface area (Å²) in [5.41, 5.74) is 2.78. The largest absolute Gasteiger partial charge is 0.344 e. The third-order valence-corrected chi connectivity index (χ3v) is 24.6. The highest BCUT2D eigenvalue weighted by atomic mass is 35.5. The molecule has 35 heteroatoms. The number of aryl methyl sites for hydroxylation is 1. The van der Waals surface area contributed by atoms with Crippen molar-refractivity contribution in [3.8, 4) is 31.8 Å². The number of amides is 3. The van der Waals surface area contributed by atoms with Gasteiger partial charge in [-0.15, -0.1) is 34.0 Å². The van der Waals surface area contributed by atoms with Gasteiger partial charge in [-0.05, 0) is 116 Å². The Labute approximate surface area is 549 Å². The molecule has 9 heterocycles. The Kier molecular flexibility index (Phi) is 20.5. The number of aromatic amines is 2. The number of imidazole rings is 2. The molecule has 12 rings (SSSR count). The van der Waals surface area contributed by atoms with Crippen molar-refractivity contribution in [2.45, 2.75) is 55.5 Å². The first kappa shape index (κ1) is 67.0. The number of hydrogen-bond acceptors (Lipinski definition) is 14. The number of nitrogens with zero attached hydrogens (tertiary/aromatic N) is 9. The van der Waals surface area contributed by atoms with E-state index in [0.717, 1.165) is 35.8 Å². The monoisotopic (exact) mass is 1420 g/mol. The van der Waals surface area contributed by atoms with Crippen molar-refractivity contribution in [3.05, 3.63) is 164 Å². The second kappa shape index (κ2) is 27.8. The molecule has 23 nitrogen and oxygen atoms in total. The number of carbonyl (C=O) groups is 3. The molecule has 3 amide bonds. The molecule has 0 saturated carbocycles. The molecular formula is C56H57Cl3F3N17O6S6. The van der Waals surface area contributed by atoms with Gasteiger partial charge in [0.15, 0.2) is 5.82 Å². The zero-order valence-corrected chi connectivity index (χ0v) is 55.5. The van der Waals surface area contributed by atoms with E-state index >= 15 is 0 Å². The average Bonchev–Trinajstić information content (AvgIpc) is 2.02. The lowest BCUT2D eigenvalue weighted by Crippen LogP contribution is -2.55. The van der Waals surface area contributed by atoms with E-state index in [9.17, 15) is 40.2 Å². The Hall–Kier alpha value is -6.86. The molecule has 0 bridgehead atoms. The number of anilines is 3. The van der Waals surface area contributed by atoms with Crippen molar-refractivity contribution in [3.63, 3.8) is 0 Å². The summed E-state index contributed by atoms with van der Waals surface area (Å²) in [6.45, 7) is 0. The Balaban J connectivity index is 0.000000150. The summed E-state index contributed by atoms with van der Waals surface area (Å²) < 4.78 is 94.4. The molecule has 3 unspecified atom stereocenters. The van der Waals surface area contributed by atoms with E-state index in [1.807, 2.05) is 24.3 Å². The van der Waals surface area contributed by atoms with Crippen molar-refractivity contribution < 1.29 is 40.2 Å². The van der Waals surface area contributed by atoms with Crippen molar-refractivity contribution in [1.82, 2.24) is 66.8 Å². The number of nitrogens with one attached hydrogen (secondary N) is 8. The standard InChI is InChI=1S/C19H20ClFN6O2S2.C19H19ClFN5O2S2.C18H18ClFN6O2S2/c1-26-10-22-18(24-26)17-7-6-16(30-17)14-9-15(27(2)31(3,29)25-14)19(28)23-11-4-5-13(21)12(20)8-11;1-26-16(19(27)24-11-3-4-13(21)12(20)7-11)8-14(25-30(26,2)28)17-5-6-18(29-17)15-9-22-10-23-15;1-26-15(17(27)24-10-3-4-12(20)11(19)5-10)6-13(25-30(26,2)28)18-22-8-16(29-18)14-7-21-9-23-14/h4-8,10,14-15H,3,9H2,1-2H3,(H,23,28)(H,25,29);3-7,9-10,14,16H,2,8H2,1H3,(H,22,23)(H,24,27)(H,25,28);3-5,7-9,13,15H,2,6H2,1H3,(H,21,23)(H,24,27)(H,25,28)/t14-,15+,31?;14-,16+,30?;13-,15+,30?/m111/s1. The number of hydrogen-bond donors (Lipinski definition) is 8. The zero-order chi connectivity index (χ0) is 65.3. The molecule has 0 spiro atoms.